The molecule has 0 radical (unpaired) electrons. The molecule has 0 saturated carbocycles. The Balaban J connectivity index is 2.20. The summed E-state index contributed by atoms with van der Waals surface area (Å²) in [6.45, 7) is 0. The van der Waals surface area contributed by atoms with Crippen LogP contribution < -0.4 is 5.32 Å². The van der Waals surface area contributed by atoms with Crippen LogP contribution in [0.1, 0.15) is 10.9 Å². The van der Waals surface area contributed by atoms with E-state index in [1.54, 1.807) is 12.1 Å². The molecule has 1 atom stereocenters. The lowest BCUT2D eigenvalue weighted by Crippen LogP contribution is -2.10. The molecule has 0 fully saturated rings. The van der Waals surface area contributed by atoms with Crippen LogP contribution in [-0.2, 0) is 4.79 Å². The lowest BCUT2D eigenvalue weighted by Gasteiger charge is -2.19. The van der Waals surface area contributed by atoms with Gasteiger partial charge in [-0.2, -0.15) is 0 Å². The number of carbonyl (C=O) groups is 1. The number of hydrogen-bond donors (Lipinski definition) is 2. The molecule has 0 unspecified atom stereocenters. The van der Waals surface area contributed by atoms with Gasteiger partial charge in [0.05, 0.1) is 16.1 Å². The Hall–Kier alpha value is -2.54. The van der Waals surface area contributed by atoms with Crippen molar-refractivity contribution >= 4 is 29.1 Å². The first kappa shape index (κ1) is 15.8. The minimum Gasteiger partial charge on any atom is -0.481 e. The molecular formula is C15H14N2O4S. The summed E-state index contributed by atoms with van der Waals surface area (Å²) in [4.78, 5) is 21.1. The van der Waals surface area contributed by atoms with Crippen LogP contribution >= 0.6 is 11.8 Å². The molecule has 7 heteroatoms. The van der Waals surface area contributed by atoms with Gasteiger partial charge in [0.2, 0.25) is 0 Å². The normalized spacial score (nSPS) is 11.6. The second-order valence-electron chi connectivity index (χ2n) is 4.45. The molecule has 0 aliphatic heterocycles. The third-order valence-corrected chi connectivity index (χ3v) is 3.97. The highest BCUT2D eigenvalue weighted by Crippen LogP contribution is 2.31. The average Bonchev–Trinajstić information content (AvgIpc) is 2.52. The Morgan fingerprint density at radius 2 is 1.95 bits per heavy atom. The molecule has 114 valence electrons. The van der Waals surface area contributed by atoms with Gasteiger partial charge in [0.25, 0.3) is 5.69 Å². The van der Waals surface area contributed by atoms with Crippen LogP contribution in [0.5, 0.6) is 0 Å². The summed E-state index contributed by atoms with van der Waals surface area (Å²) in [7, 11) is 0. The summed E-state index contributed by atoms with van der Waals surface area (Å²) in [5, 5.41) is 22.5. The number of thioether (sulfide) groups is 1. The van der Waals surface area contributed by atoms with Crippen molar-refractivity contribution in [2.24, 2.45) is 0 Å². The number of anilines is 1. The van der Waals surface area contributed by atoms with Crippen LogP contribution in [0, 0.1) is 10.1 Å². The molecule has 0 heterocycles. The molecule has 2 aromatic carbocycles. The first-order valence-corrected chi connectivity index (χ1v) is 7.50. The molecule has 0 amide bonds. The maximum absolute atomic E-state index is 10.8. The highest BCUT2D eigenvalue weighted by atomic mass is 32.2. The number of benzene rings is 2. The van der Waals surface area contributed by atoms with Gasteiger partial charge in [0.1, 0.15) is 0 Å². The second kappa shape index (κ2) is 7.46. The molecule has 0 spiro atoms. The smallest absolute Gasteiger partial charge is 0.313 e. The molecule has 0 bridgehead atoms. The number of carboxylic acids is 1. The van der Waals surface area contributed by atoms with Gasteiger partial charge < -0.3 is 10.4 Å². The predicted octanol–water partition coefficient (Wildman–Crippen LogP) is 3.52. The van der Waals surface area contributed by atoms with E-state index in [2.05, 4.69) is 5.32 Å². The van der Waals surface area contributed by atoms with Crippen molar-refractivity contribution in [1.82, 2.24) is 0 Å². The number of carboxylic acid groups (broad SMARTS) is 1. The largest absolute Gasteiger partial charge is 0.481 e. The van der Waals surface area contributed by atoms with Crippen LogP contribution in [0.15, 0.2) is 54.6 Å². The average molecular weight is 318 g/mol. The number of hydrogen-bond acceptors (Lipinski definition) is 5. The first-order chi connectivity index (χ1) is 10.6. The Bertz CT molecular complexity index is 664. The van der Waals surface area contributed by atoms with Crippen LogP contribution in [0.3, 0.4) is 0 Å². The standard InChI is InChI=1S/C15H14N2O4S/c18-14(19)10-22-15(11-5-2-1-3-6-11)16-12-7-4-8-13(9-12)17(20)21/h1-9,15-16H,10H2,(H,18,19)/t15-/m1/s1. The SMILES string of the molecule is O=C(O)CS[C@@H](Nc1cccc([N+](=O)[O-])c1)c1ccccc1. The lowest BCUT2D eigenvalue weighted by molar-refractivity contribution is -0.384. The quantitative estimate of drug-likeness (QED) is 0.461. The Morgan fingerprint density at radius 1 is 1.23 bits per heavy atom. The van der Waals surface area contributed by atoms with Crippen molar-refractivity contribution in [3.8, 4) is 0 Å². The minimum atomic E-state index is -0.910. The zero-order valence-electron chi connectivity index (χ0n) is 11.5. The van der Waals surface area contributed by atoms with E-state index in [0.717, 1.165) is 5.56 Å². The molecular weight excluding hydrogens is 304 g/mol. The maximum atomic E-state index is 10.8. The van der Waals surface area contributed by atoms with E-state index >= 15 is 0 Å². The van der Waals surface area contributed by atoms with E-state index in [9.17, 15) is 14.9 Å². The molecule has 6 nitrogen and oxygen atoms in total. The lowest BCUT2D eigenvalue weighted by atomic mass is 10.2. The fraction of sp³-hybridized carbons (Fsp3) is 0.133. The summed E-state index contributed by atoms with van der Waals surface area (Å²) in [6.07, 6.45) is 0. The summed E-state index contributed by atoms with van der Waals surface area (Å²) in [6, 6.07) is 15.5. The Morgan fingerprint density at radius 3 is 2.59 bits per heavy atom. The molecule has 0 aromatic heterocycles. The summed E-state index contributed by atoms with van der Waals surface area (Å²) in [5.74, 6) is -0.978. The van der Waals surface area contributed by atoms with Gasteiger partial charge >= 0.3 is 5.97 Å². The summed E-state index contributed by atoms with van der Waals surface area (Å²) < 4.78 is 0. The van der Waals surface area contributed by atoms with Crippen molar-refractivity contribution in [3.05, 3.63) is 70.3 Å². The second-order valence-corrected chi connectivity index (χ2v) is 5.54. The molecule has 22 heavy (non-hydrogen) atoms. The zero-order valence-corrected chi connectivity index (χ0v) is 12.3. The predicted molar refractivity (Wildman–Crippen MR) is 86.0 cm³/mol. The van der Waals surface area contributed by atoms with Gasteiger partial charge in [-0.25, -0.2) is 0 Å². The molecule has 2 N–H and O–H groups in total. The van der Waals surface area contributed by atoms with Crippen molar-refractivity contribution < 1.29 is 14.8 Å². The van der Waals surface area contributed by atoms with E-state index in [-0.39, 0.29) is 16.8 Å². The molecule has 2 aromatic rings. The van der Waals surface area contributed by atoms with Gasteiger partial charge in [-0.1, -0.05) is 36.4 Å². The number of rotatable bonds is 7. The van der Waals surface area contributed by atoms with Crippen molar-refractivity contribution in [2.45, 2.75) is 5.37 Å². The number of nitro benzene ring substituents is 1. The van der Waals surface area contributed by atoms with Gasteiger partial charge in [-0.15, -0.1) is 11.8 Å². The topological polar surface area (TPSA) is 92.5 Å². The molecule has 0 aliphatic carbocycles. The Kier molecular flexibility index (Phi) is 5.37. The third-order valence-electron chi connectivity index (χ3n) is 2.83. The number of nitrogens with one attached hydrogen (secondary N) is 1. The van der Waals surface area contributed by atoms with Gasteiger partial charge in [-0.05, 0) is 11.6 Å². The molecule has 0 saturated heterocycles. The van der Waals surface area contributed by atoms with Gasteiger partial charge in [0.15, 0.2) is 0 Å². The minimum absolute atomic E-state index is 0.0138. The fourth-order valence-corrected chi connectivity index (χ4v) is 2.74. The highest BCUT2D eigenvalue weighted by molar-refractivity contribution is 8.00. The number of aliphatic carboxylic acids is 1. The highest BCUT2D eigenvalue weighted by Gasteiger charge is 2.15. The maximum Gasteiger partial charge on any atom is 0.313 e. The van der Waals surface area contributed by atoms with E-state index in [1.165, 1.54) is 23.9 Å². The van der Waals surface area contributed by atoms with Crippen LogP contribution in [0.2, 0.25) is 0 Å². The van der Waals surface area contributed by atoms with Crippen LogP contribution in [-0.4, -0.2) is 21.8 Å². The van der Waals surface area contributed by atoms with E-state index in [4.69, 9.17) is 5.11 Å². The number of nitro groups is 1. The van der Waals surface area contributed by atoms with Crippen molar-refractivity contribution in [3.63, 3.8) is 0 Å². The number of nitrogens with zero attached hydrogens (tertiary/aromatic N) is 1. The molecule has 2 rings (SSSR count). The summed E-state index contributed by atoms with van der Waals surface area (Å²) in [5.41, 5.74) is 1.46. The molecule has 0 aliphatic rings. The Labute approximate surface area is 131 Å². The monoisotopic (exact) mass is 318 g/mol. The van der Waals surface area contributed by atoms with Gasteiger partial charge in [-0.3, -0.25) is 14.9 Å². The van der Waals surface area contributed by atoms with Crippen LogP contribution in [0.25, 0.3) is 0 Å². The van der Waals surface area contributed by atoms with E-state index in [1.807, 2.05) is 30.3 Å². The fourth-order valence-electron chi connectivity index (χ4n) is 1.86. The first-order valence-electron chi connectivity index (χ1n) is 6.45. The summed E-state index contributed by atoms with van der Waals surface area (Å²) >= 11 is 1.21. The number of non-ortho nitro benzene ring substituents is 1. The third kappa shape index (κ3) is 4.49. The van der Waals surface area contributed by atoms with Crippen LogP contribution in [0.4, 0.5) is 11.4 Å². The van der Waals surface area contributed by atoms with Gasteiger partial charge in [0, 0.05) is 17.8 Å². The van der Waals surface area contributed by atoms with E-state index < -0.39 is 10.9 Å². The van der Waals surface area contributed by atoms with Crippen molar-refractivity contribution in [1.29, 1.82) is 0 Å². The van der Waals surface area contributed by atoms with Crippen molar-refractivity contribution in [2.75, 3.05) is 11.1 Å². The van der Waals surface area contributed by atoms with E-state index in [0.29, 0.717) is 5.69 Å². The zero-order chi connectivity index (χ0) is 15.9.